The molecule has 1 saturated heterocycles. The van der Waals surface area contributed by atoms with Gasteiger partial charge in [-0.25, -0.2) is 0 Å². The second kappa shape index (κ2) is 9.23. The van der Waals surface area contributed by atoms with Crippen LogP contribution in [0.3, 0.4) is 0 Å². The SMILES string of the molecule is CC(=O)c1cn(CCCN2CCC(Oc3ccccc3Cl)CC2)c2c(C)cccc12. The van der Waals surface area contributed by atoms with Gasteiger partial charge >= 0.3 is 0 Å². The van der Waals surface area contributed by atoms with E-state index in [-0.39, 0.29) is 11.9 Å². The number of hydrogen-bond acceptors (Lipinski definition) is 3. The Hall–Kier alpha value is -2.30. The molecular weight excluding hydrogens is 396 g/mol. The first-order valence-corrected chi connectivity index (χ1v) is 11.1. The van der Waals surface area contributed by atoms with Gasteiger partial charge in [0, 0.05) is 36.8 Å². The lowest BCUT2D eigenvalue weighted by atomic mass is 10.1. The van der Waals surface area contributed by atoms with Crippen LogP contribution in [0.5, 0.6) is 5.75 Å². The van der Waals surface area contributed by atoms with Gasteiger partial charge in [-0.2, -0.15) is 0 Å². The van der Waals surface area contributed by atoms with Crippen LogP contribution in [0.15, 0.2) is 48.7 Å². The lowest BCUT2D eigenvalue weighted by Gasteiger charge is -2.32. The van der Waals surface area contributed by atoms with E-state index in [4.69, 9.17) is 16.3 Å². The maximum atomic E-state index is 12.0. The number of para-hydroxylation sites is 2. The Balaban J connectivity index is 1.31. The summed E-state index contributed by atoms with van der Waals surface area (Å²) in [5.41, 5.74) is 3.23. The molecule has 1 aliphatic heterocycles. The van der Waals surface area contributed by atoms with Gasteiger partial charge in [0.15, 0.2) is 5.78 Å². The average molecular weight is 425 g/mol. The van der Waals surface area contributed by atoms with Crippen molar-refractivity contribution >= 4 is 28.3 Å². The number of piperidine rings is 1. The number of aryl methyl sites for hydroxylation is 2. The molecule has 2 heterocycles. The number of nitrogens with zero attached hydrogens (tertiary/aromatic N) is 2. The van der Waals surface area contributed by atoms with Crippen molar-refractivity contribution in [3.63, 3.8) is 0 Å². The maximum Gasteiger partial charge on any atom is 0.161 e. The van der Waals surface area contributed by atoms with Gasteiger partial charge in [0.25, 0.3) is 0 Å². The summed E-state index contributed by atoms with van der Waals surface area (Å²) in [6.45, 7) is 7.83. The second-order valence-corrected chi connectivity index (χ2v) is 8.61. The zero-order chi connectivity index (χ0) is 21.1. The van der Waals surface area contributed by atoms with Gasteiger partial charge in [-0.15, -0.1) is 0 Å². The molecule has 0 amide bonds. The highest BCUT2D eigenvalue weighted by Crippen LogP contribution is 2.27. The van der Waals surface area contributed by atoms with Crippen molar-refractivity contribution in [2.24, 2.45) is 0 Å². The molecule has 1 aromatic heterocycles. The molecule has 1 fully saturated rings. The fraction of sp³-hybridized carbons (Fsp3) is 0.400. The number of rotatable bonds is 7. The summed E-state index contributed by atoms with van der Waals surface area (Å²) in [6, 6.07) is 13.9. The molecule has 0 aliphatic carbocycles. The van der Waals surface area contributed by atoms with E-state index < -0.39 is 0 Å². The van der Waals surface area contributed by atoms with E-state index in [1.165, 1.54) is 11.1 Å². The summed E-state index contributed by atoms with van der Waals surface area (Å²) in [5.74, 6) is 0.915. The topological polar surface area (TPSA) is 34.5 Å². The normalized spacial score (nSPS) is 15.6. The Morgan fingerprint density at radius 1 is 1.10 bits per heavy atom. The van der Waals surface area contributed by atoms with E-state index in [2.05, 4.69) is 28.5 Å². The Bertz CT molecular complexity index is 1030. The van der Waals surface area contributed by atoms with E-state index >= 15 is 0 Å². The Kier molecular flexibility index (Phi) is 6.45. The molecule has 1 aliphatic rings. The third kappa shape index (κ3) is 4.55. The molecule has 0 unspecified atom stereocenters. The van der Waals surface area contributed by atoms with Crippen LogP contribution in [0.1, 0.15) is 42.1 Å². The first-order valence-electron chi connectivity index (χ1n) is 10.8. The highest BCUT2D eigenvalue weighted by molar-refractivity contribution is 6.32. The number of benzene rings is 2. The summed E-state index contributed by atoms with van der Waals surface area (Å²) in [6.07, 6.45) is 5.36. The van der Waals surface area contributed by atoms with Crippen molar-refractivity contribution in [2.75, 3.05) is 19.6 Å². The average Bonchev–Trinajstić information content (AvgIpc) is 3.11. The van der Waals surface area contributed by atoms with Gasteiger partial charge in [-0.3, -0.25) is 4.79 Å². The zero-order valence-electron chi connectivity index (χ0n) is 17.7. The number of carbonyl (C=O) groups excluding carboxylic acids is 1. The van der Waals surface area contributed by atoms with Crippen LogP contribution in [0.25, 0.3) is 10.9 Å². The minimum Gasteiger partial charge on any atom is -0.489 e. The minimum absolute atomic E-state index is 0.130. The van der Waals surface area contributed by atoms with Crippen LogP contribution >= 0.6 is 11.6 Å². The largest absolute Gasteiger partial charge is 0.489 e. The van der Waals surface area contributed by atoms with Gasteiger partial charge in [0.2, 0.25) is 0 Å². The van der Waals surface area contributed by atoms with Crippen LogP contribution in [-0.2, 0) is 6.54 Å². The number of ketones is 1. The van der Waals surface area contributed by atoms with Gasteiger partial charge in [0.1, 0.15) is 11.9 Å². The van der Waals surface area contributed by atoms with Gasteiger partial charge in [0.05, 0.1) is 10.5 Å². The van der Waals surface area contributed by atoms with Gasteiger partial charge in [-0.05, 0) is 57.4 Å². The first kappa shape index (κ1) is 21.0. The van der Waals surface area contributed by atoms with Crippen LogP contribution < -0.4 is 4.74 Å². The van der Waals surface area contributed by atoms with Crippen molar-refractivity contribution in [2.45, 2.75) is 45.8 Å². The molecule has 0 N–H and O–H groups in total. The standard InChI is InChI=1S/C25H29ClN2O2/c1-18-7-5-8-21-22(19(2)29)17-28(25(18)21)14-6-13-27-15-11-20(12-16-27)30-24-10-4-3-9-23(24)26/h3-5,7-10,17,20H,6,11-16H2,1-2H3. The fourth-order valence-electron chi connectivity index (χ4n) is 4.44. The third-order valence-corrected chi connectivity index (χ3v) is 6.33. The summed E-state index contributed by atoms with van der Waals surface area (Å²) in [5, 5.41) is 1.75. The fourth-order valence-corrected chi connectivity index (χ4v) is 4.62. The van der Waals surface area contributed by atoms with Crippen molar-refractivity contribution in [3.8, 4) is 5.75 Å². The first-order chi connectivity index (χ1) is 14.5. The zero-order valence-corrected chi connectivity index (χ0v) is 18.5. The summed E-state index contributed by atoms with van der Waals surface area (Å²) in [4.78, 5) is 14.6. The van der Waals surface area contributed by atoms with E-state index in [9.17, 15) is 4.79 Å². The van der Waals surface area contributed by atoms with Crippen LogP contribution in [0, 0.1) is 6.92 Å². The predicted molar refractivity (Wildman–Crippen MR) is 123 cm³/mol. The molecule has 0 bridgehead atoms. The molecule has 30 heavy (non-hydrogen) atoms. The number of halogens is 1. The molecule has 0 radical (unpaired) electrons. The van der Waals surface area contributed by atoms with Crippen molar-refractivity contribution in [3.05, 3.63) is 64.8 Å². The second-order valence-electron chi connectivity index (χ2n) is 8.21. The lowest BCUT2D eigenvalue weighted by Crippen LogP contribution is -2.39. The van der Waals surface area contributed by atoms with E-state index in [0.717, 1.165) is 62.1 Å². The van der Waals surface area contributed by atoms with Gasteiger partial charge in [-0.1, -0.05) is 41.9 Å². The Morgan fingerprint density at radius 3 is 2.60 bits per heavy atom. The van der Waals surface area contributed by atoms with E-state index in [1.807, 2.05) is 36.5 Å². The number of aromatic nitrogens is 1. The summed E-state index contributed by atoms with van der Waals surface area (Å²) in [7, 11) is 0. The van der Waals surface area contributed by atoms with E-state index in [1.54, 1.807) is 6.92 Å². The molecule has 4 rings (SSSR count). The van der Waals surface area contributed by atoms with Crippen molar-refractivity contribution in [1.29, 1.82) is 0 Å². The minimum atomic E-state index is 0.130. The molecular formula is C25H29ClN2O2. The number of fused-ring (bicyclic) bond motifs is 1. The molecule has 5 heteroatoms. The molecule has 0 spiro atoms. The Morgan fingerprint density at radius 2 is 1.87 bits per heavy atom. The highest BCUT2D eigenvalue weighted by Gasteiger charge is 2.21. The summed E-state index contributed by atoms with van der Waals surface area (Å²) >= 11 is 6.21. The predicted octanol–water partition coefficient (Wildman–Crippen LogP) is 5.74. The number of hydrogen-bond donors (Lipinski definition) is 0. The van der Waals surface area contributed by atoms with Crippen LogP contribution in [-0.4, -0.2) is 41.0 Å². The Labute approximate surface area is 183 Å². The number of Topliss-reactive ketones (excluding diaryl/α,β-unsaturated/α-hetero) is 1. The van der Waals surface area contributed by atoms with E-state index in [0.29, 0.717) is 5.02 Å². The third-order valence-electron chi connectivity index (χ3n) is 6.02. The number of likely N-dealkylation sites (tertiary alicyclic amines) is 1. The molecule has 3 aromatic rings. The number of ether oxygens (including phenoxy) is 1. The van der Waals surface area contributed by atoms with Crippen molar-refractivity contribution < 1.29 is 9.53 Å². The quantitative estimate of drug-likeness (QED) is 0.453. The van der Waals surface area contributed by atoms with Crippen LogP contribution in [0.2, 0.25) is 5.02 Å². The van der Waals surface area contributed by atoms with Gasteiger partial charge < -0.3 is 14.2 Å². The lowest BCUT2D eigenvalue weighted by molar-refractivity contribution is 0.0994. The van der Waals surface area contributed by atoms with Crippen molar-refractivity contribution in [1.82, 2.24) is 9.47 Å². The highest BCUT2D eigenvalue weighted by atomic mass is 35.5. The monoisotopic (exact) mass is 424 g/mol. The molecule has 158 valence electrons. The number of carbonyl (C=O) groups is 1. The molecule has 2 aromatic carbocycles. The molecule has 0 saturated carbocycles. The smallest absolute Gasteiger partial charge is 0.161 e. The van der Waals surface area contributed by atoms with Crippen LogP contribution in [0.4, 0.5) is 0 Å². The molecule has 4 nitrogen and oxygen atoms in total. The molecule has 0 atom stereocenters. The maximum absolute atomic E-state index is 12.0. The summed E-state index contributed by atoms with van der Waals surface area (Å²) < 4.78 is 8.36.